The zero-order valence-electron chi connectivity index (χ0n) is 6.31. The summed E-state index contributed by atoms with van der Waals surface area (Å²) in [4.78, 5) is 3.56. The van der Waals surface area contributed by atoms with Gasteiger partial charge >= 0.3 is 0 Å². The van der Waals surface area contributed by atoms with Crippen molar-refractivity contribution in [2.75, 3.05) is 5.73 Å². The molecule has 0 aromatic carbocycles. The third kappa shape index (κ3) is 1.55. The van der Waals surface area contributed by atoms with Crippen molar-refractivity contribution >= 4 is 21.6 Å². The average Bonchev–Trinajstić information content (AvgIpc) is 2.00. The van der Waals surface area contributed by atoms with E-state index in [4.69, 9.17) is 5.73 Å². The lowest BCUT2D eigenvalue weighted by atomic mass is 10.2. The van der Waals surface area contributed by atoms with E-state index in [1.54, 1.807) is 0 Å². The number of rotatable bonds is 1. The van der Waals surface area contributed by atoms with E-state index >= 15 is 0 Å². The Balaban J connectivity index is 3.27. The first-order valence-electron chi connectivity index (χ1n) is 3.22. The summed E-state index contributed by atoms with van der Waals surface area (Å²) in [6.07, 6.45) is -1.29. The zero-order chi connectivity index (χ0) is 9.30. The Morgan fingerprint density at radius 2 is 2.17 bits per heavy atom. The summed E-state index contributed by atoms with van der Waals surface area (Å²) in [5.41, 5.74) is 5.90. The molecule has 0 unspecified atom stereocenters. The molecule has 1 heterocycles. The van der Waals surface area contributed by atoms with Crippen molar-refractivity contribution < 1.29 is 8.78 Å². The van der Waals surface area contributed by atoms with Gasteiger partial charge in [0.25, 0.3) is 6.43 Å². The molecule has 0 spiro atoms. The van der Waals surface area contributed by atoms with Crippen molar-refractivity contribution in [3.8, 4) is 0 Å². The molecule has 0 bridgehead atoms. The Bertz CT molecular complexity index is 302. The minimum atomic E-state index is -2.57. The van der Waals surface area contributed by atoms with E-state index in [1.165, 1.54) is 13.1 Å². The molecule has 5 heteroatoms. The first-order chi connectivity index (χ1) is 5.54. The van der Waals surface area contributed by atoms with Crippen LogP contribution in [0.25, 0.3) is 0 Å². The topological polar surface area (TPSA) is 38.9 Å². The number of hydrogen-bond acceptors (Lipinski definition) is 2. The Morgan fingerprint density at radius 3 is 2.67 bits per heavy atom. The largest absolute Gasteiger partial charge is 0.397 e. The maximum atomic E-state index is 12.2. The molecule has 2 N–H and O–H groups in total. The predicted molar refractivity (Wildman–Crippen MR) is 46.0 cm³/mol. The fraction of sp³-hybridized carbons (Fsp3) is 0.286. The van der Waals surface area contributed by atoms with Gasteiger partial charge in [-0.1, -0.05) is 0 Å². The predicted octanol–water partition coefficient (Wildman–Crippen LogP) is 2.67. The number of halogens is 3. The summed E-state index contributed by atoms with van der Waals surface area (Å²) in [5.74, 6) is 0. The van der Waals surface area contributed by atoms with Crippen molar-refractivity contribution in [1.29, 1.82) is 0 Å². The van der Waals surface area contributed by atoms with Crippen molar-refractivity contribution in [1.82, 2.24) is 4.98 Å². The van der Waals surface area contributed by atoms with Gasteiger partial charge in [-0.25, -0.2) is 8.78 Å². The lowest BCUT2D eigenvalue weighted by molar-refractivity contribution is 0.145. The highest BCUT2D eigenvalue weighted by Crippen LogP contribution is 2.28. The molecule has 0 aliphatic rings. The van der Waals surface area contributed by atoms with Crippen LogP contribution in [0.3, 0.4) is 0 Å². The number of pyridine rings is 1. The fourth-order valence-corrected chi connectivity index (χ4v) is 1.23. The third-order valence-electron chi connectivity index (χ3n) is 1.57. The van der Waals surface area contributed by atoms with Gasteiger partial charge in [-0.15, -0.1) is 0 Å². The van der Waals surface area contributed by atoms with E-state index in [-0.39, 0.29) is 5.69 Å². The maximum Gasteiger partial charge on any atom is 0.280 e. The number of nitrogens with two attached hydrogens (primary N) is 1. The van der Waals surface area contributed by atoms with E-state index in [0.29, 0.717) is 15.7 Å². The number of anilines is 1. The van der Waals surface area contributed by atoms with Crippen LogP contribution in [0.15, 0.2) is 10.7 Å². The van der Waals surface area contributed by atoms with Crippen LogP contribution in [0, 0.1) is 6.92 Å². The van der Waals surface area contributed by atoms with Gasteiger partial charge in [0.1, 0.15) is 5.69 Å². The second kappa shape index (κ2) is 3.35. The second-order valence-electron chi connectivity index (χ2n) is 2.33. The van der Waals surface area contributed by atoms with Crippen LogP contribution < -0.4 is 5.73 Å². The first kappa shape index (κ1) is 9.38. The second-order valence-corrected chi connectivity index (χ2v) is 3.19. The summed E-state index contributed by atoms with van der Waals surface area (Å²) in [6.45, 7) is 1.52. The van der Waals surface area contributed by atoms with Crippen LogP contribution in [0.1, 0.15) is 17.7 Å². The first-order valence-corrected chi connectivity index (χ1v) is 4.02. The molecule has 0 amide bonds. The van der Waals surface area contributed by atoms with Gasteiger partial charge in [-0.3, -0.25) is 4.98 Å². The van der Waals surface area contributed by atoms with Crippen molar-refractivity contribution in [2.24, 2.45) is 0 Å². The van der Waals surface area contributed by atoms with Gasteiger partial charge in [0.2, 0.25) is 0 Å². The molecule has 0 atom stereocenters. The van der Waals surface area contributed by atoms with Crippen LogP contribution >= 0.6 is 15.9 Å². The number of alkyl halides is 2. The molecule has 1 aromatic rings. The van der Waals surface area contributed by atoms with Gasteiger partial charge in [-0.2, -0.15) is 0 Å². The van der Waals surface area contributed by atoms with Crippen LogP contribution in [0.5, 0.6) is 0 Å². The van der Waals surface area contributed by atoms with Crippen LogP contribution in [0.2, 0.25) is 0 Å². The fourth-order valence-electron chi connectivity index (χ4n) is 0.830. The Morgan fingerprint density at radius 1 is 1.58 bits per heavy atom. The number of nitrogen functional groups attached to an aromatic ring is 1. The molecule has 0 saturated carbocycles. The highest BCUT2D eigenvalue weighted by molar-refractivity contribution is 9.10. The molecule has 0 aliphatic heterocycles. The quantitative estimate of drug-likeness (QED) is 0.815. The molecule has 0 aliphatic carbocycles. The summed E-state index contributed by atoms with van der Waals surface area (Å²) in [6, 6.07) is 0. The standard InChI is InChI=1S/C7H7BrF2N2/c1-3-5(11)4(8)2-12-6(3)7(9)10/h2,7H,1H3,(H2,11,12). The summed E-state index contributed by atoms with van der Waals surface area (Å²) < 4.78 is 25.0. The highest BCUT2D eigenvalue weighted by Gasteiger charge is 2.15. The minimum absolute atomic E-state index is 0.254. The van der Waals surface area contributed by atoms with Crippen molar-refractivity contribution in [3.63, 3.8) is 0 Å². The Labute approximate surface area is 76.9 Å². The van der Waals surface area contributed by atoms with Crippen LogP contribution in [-0.4, -0.2) is 4.98 Å². The van der Waals surface area contributed by atoms with E-state index in [0.717, 1.165) is 0 Å². The van der Waals surface area contributed by atoms with Gasteiger partial charge in [0.05, 0.1) is 10.2 Å². The molecule has 12 heavy (non-hydrogen) atoms. The molecule has 1 rings (SSSR count). The van der Waals surface area contributed by atoms with E-state index in [9.17, 15) is 8.78 Å². The number of aromatic nitrogens is 1. The van der Waals surface area contributed by atoms with Crippen molar-refractivity contribution in [3.05, 3.63) is 21.9 Å². The molecule has 0 radical (unpaired) electrons. The summed E-state index contributed by atoms with van der Waals surface area (Å²) in [5, 5.41) is 0. The summed E-state index contributed by atoms with van der Waals surface area (Å²) in [7, 11) is 0. The van der Waals surface area contributed by atoms with Gasteiger partial charge in [0.15, 0.2) is 0 Å². The molecular weight excluding hydrogens is 230 g/mol. The van der Waals surface area contributed by atoms with E-state index in [1.807, 2.05) is 0 Å². The normalized spacial score (nSPS) is 10.8. The molecule has 0 saturated heterocycles. The zero-order valence-corrected chi connectivity index (χ0v) is 7.90. The Hall–Kier alpha value is -0.710. The number of nitrogens with zero attached hydrogens (tertiary/aromatic N) is 1. The SMILES string of the molecule is Cc1c(C(F)F)ncc(Br)c1N. The van der Waals surface area contributed by atoms with Gasteiger partial charge in [-0.05, 0) is 22.9 Å². The monoisotopic (exact) mass is 236 g/mol. The van der Waals surface area contributed by atoms with E-state index < -0.39 is 6.43 Å². The van der Waals surface area contributed by atoms with Crippen LogP contribution in [0.4, 0.5) is 14.5 Å². The molecule has 0 fully saturated rings. The van der Waals surface area contributed by atoms with Gasteiger partial charge < -0.3 is 5.73 Å². The maximum absolute atomic E-state index is 12.2. The summed E-state index contributed by atoms with van der Waals surface area (Å²) >= 11 is 3.10. The van der Waals surface area contributed by atoms with Gasteiger partial charge in [0, 0.05) is 11.8 Å². The minimum Gasteiger partial charge on any atom is -0.397 e. The van der Waals surface area contributed by atoms with E-state index in [2.05, 4.69) is 20.9 Å². The molecule has 66 valence electrons. The molecule has 2 nitrogen and oxygen atoms in total. The average molecular weight is 237 g/mol. The smallest absolute Gasteiger partial charge is 0.280 e. The lowest BCUT2D eigenvalue weighted by Crippen LogP contribution is -2.00. The molecular formula is C7H7BrF2N2. The number of hydrogen-bond donors (Lipinski definition) is 1. The van der Waals surface area contributed by atoms with Crippen molar-refractivity contribution in [2.45, 2.75) is 13.3 Å². The molecule has 1 aromatic heterocycles. The lowest BCUT2D eigenvalue weighted by Gasteiger charge is -2.07. The highest BCUT2D eigenvalue weighted by atomic mass is 79.9. The third-order valence-corrected chi connectivity index (χ3v) is 2.20. The Kier molecular flexibility index (Phi) is 2.62. The van der Waals surface area contributed by atoms with Crippen LogP contribution in [-0.2, 0) is 0 Å².